The van der Waals surface area contributed by atoms with Crippen molar-refractivity contribution in [3.8, 4) is 5.75 Å². The second kappa shape index (κ2) is 8.15. The van der Waals surface area contributed by atoms with E-state index < -0.39 is 5.97 Å². The second-order valence-corrected chi connectivity index (χ2v) is 5.57. The quantitative estimate of drug-likeness (QED) is 0.813. The van der Waals surface area contributed by atoms with Crippen LogP contribution in [0.2, 0.25) is 0 Å². The molecule has 2 aromatic rings. The minimum absolute atomic E-state index is 0.0406. The number of ether oxygens (including phenoxy) is 1. The predicted molar refractivity (Wildman–Crippen MR) is 92.7 cm³/mol. The fraction of sp³-hybridized carbons (Fsp3) is 0.263. The number of amides is 1. The molecule has 0 atom stereocenters. The van der Waals surface area contributed by atoms with Crippen LogP contribution in [0.3, 0.4) is 0 Å². The van der Waals surface area contributed by atoms with Gasteiger partial charge in [0.2, 0.25) is 0 Å². The van der Waals surface area contributed by atoms with Gasteiger partial charge in [0.05, 0.1) is 18.6 Å². The van der Waals surface area contributed by atoms with Crippen molar-refractivity contribution in [3.63, 3.8) is 0 Å². The number of aryl methyl sites for hydroxylation is 1. The molecule has 2 N–H and O–H groups in total. The summed E-state index contributed by atoms with van der Waals surface area (Å²) in [6, 6.07) is 12.3. The van der Waals surface area contributed by atoms with Gasteiger partial charge in [-0.15, -0.1) is 0 Å². The van der Waals surface area contributed by atoms with Crippen LogP contribution in [0.1, 0.15) is 34.8 Å². The monoisotopic (exact) mass is 327 g/mol. The van der Waals surface area contributed by atoms with Crippen LogP contribution in [0.15, 0.2) is 42.5 Å². The molecule has 24 heavy (non-hydrogen) atoms. The molecule has 0 unspecified atom stereocenters. The molecule has 126 valence electrons. The summed E-state index contributed by atoms with van der Waals surface area (Å²) in [6.07, 6.45) is 0.821. The summed E-state index contributed by atoms with van der Waals surface area (Å²) in [5, 5.41) is 11.6. The first kappa shape index (κ1) is 17.5. The Labute approximate surface area is 141 Å². The van der Waals surface area contributed by atoms with Crippen molar-refractivity contribution in [2.75, 3.05) is 11.9 Å². The highest BCUT2D eigenvalue weighted by atomic mass is 16.5. The molecule has 2 aromatic carbocycles. The van der Waals surface area contributed by atoms with Crippen molar-refractivity contribution < 1.29 is 19.4 Å². The molecule has 5 nitrogen and oxygen atoms in total. The molecular formula is C19H21NO4. The molecule has 5 heteroatoms. The Morgan fingerprint density at radius 1 is 1.12 bits per heavy atom. The molecule has 0 spiro atoms. The summed E-state index contributed by atoms with van der Waals surface area (Å²) in [6.45, 7) is 4.47. The highest BCUT2D eigenvalue weighted by molar-refractivity contribution is 6.06. The van der Waals surface area contributed by atoms with Crippen molar-refractivity contribution in [1.82, 2.24) is 0 Å². The number of carboxylic acid groups (broad SMARTS) is 1. The summed E-state index contributed by atoms with van der Waals surface area (Å²) < 4.78 is 5.64. The second-order valence-electron chi connectivity index (χ2n) is 5.57. The molecule has 0 aliphatic heterocycles. The number of hydrogen-bond acceptors (Lipinski definition) is 3. The SMILES string of the molecule is CCCOc1ccc(C)cc1C(=O)Nc1ccc(CC(=O)O)cc1. The third kappa shape index (κ3) is 4.84. The number of benzene rings is 2. The number of aliphatic carboxylic acids is 1. The van der Waals surface area contributed by atoms with Gasteiger partial charge in [0.15, 0.2) is 0 Å². The maximum absolute atomic E-state index is 12.5. The van der Waals surface area contributed by atoms with Gasteiger partial charge in [-0.2, -0.15) is 0 Å². The fourth-order valence-corrected chi connectivity index (χ4v) is 2.24. The standard InChI is InChI=1S/C19H21NO4/c1-3-10-24-17-9-4-13(2)11-16(17)19(23)20-15-7-5-14(6-8-15)12-18(21)22/h4-9,11H,3,10,12H2,1-2H3,(H,20,23)(H,21,22). The molecule has 0 saturated heterocycles. The van der Waals surface area contributed by atoms with Gasteiger partial charge in [-0.3, -0.25) is 9.59 Å². The maximum atomic E-state index is 12.5. The van der Waals surface area contributed by atoms with E-state index in [1.54, 1.807) is 36.4 Å². The first-order valence-electron chi connectivity index (χ1n) is 7.85. The summed E-state index contributed by atoms with van der Waals surface area (Å²) in [5.41, 5.74) is 2.75. The van der Waals surface area contributed by atoms with Gasteiger partial charge in [-0.05, 0) is 43.2 Å². The van der Waals surface area contributed by atoms with E-state index in [0.717, 1.165) is 12.0 Å². The number of nitrogens with one attached hydrogen (secondary N) is 1. The zero-order valence-electron chi connectivity index (χ0n) is 13.8. The Morgan fingerprint density at radius 2 is 1.83 bits per heavy atom. The summed E-state index contributed by atoms with van der Waals surface area (Å²) in [5.74, 6) is -0.581. The van der Waals surface area contributed by atoms with Gasteiger partial charge >= 0.3 is 5.97 Å². The van der Waals surface area contributed by atoms with E-state index in [1.807, 2.05) is 19.9 Å². The number of hydrogen-bond donors (Lipinski definition) is 2. The van der Waals surface area contributed by atoms with Gasteiger partial charge in [0, 0.05) is 5.69 Å². The Balaban J connectivity index is 2.14. The number of carboxylic acids is 1. The lowest BCUT2D eigenvalue weighted by molar-refractivity contribution is -0.136. The van der Waals surface area contributed by atoms with Crippen molar-refractivity contribution >= 4 is 17.6 Å². The largest absolute Gasteiger partial charge is 0.493 e. The Kier molecular flexibility index (Phi) is 5.95. The lowest BCUT2D eigenvalue weighted by Gasteiger charge is -2.12. The van der Waals surface area contributed by atoms with Crippen LogP contribution in [0.5, 0.6) is 5.75 Å². The van der Waals surface area contributed by atoms with Crippen LogP contribution in [0.25, 0.3) is 0 Å². The van der Waals surface area contributed by atoms with Crippen LogP contribution in [-0.2, 0) is 11.2 Å². The Morgan fingerprint density at radius 3 is 2.46 bits per heavy atom. The summed E-state index contributed by atoms with van der Waals surface area (Å²) in [7, 11) is 0. The van der Waals surface area contributed by atoms with Crippen LogP contribution in [0.4, 0.5) is 5.69 Å². The minimum atomic E-state index is -0.885. The van der Waals surface area contributed by atoms with E-state index in [9.17, 15) is 9.59 Å². The molecule has 0 aliphatic rings. The molecule has 0 saturated carbocycles. The van der Waals surface area contributed by atoms with Gasteiger partial charge in [0.25, 0.3) is 5.91 Å². The van der Waals surface area contributed by atoms with Crippen molar-refractivity contribution in [1.29, 1.82) is 0 Å². The number of anilines is 1. The number of rotatable bonds is 7. The van der Waals surface area contributed by atoms with E-state index in [-0.39, 0.29) is 12.3 Å². The first-order valence-corrected chi connectivity index (χ1v) is 7.85. The molecule has 2 rings (SSSR count). The van der Waals surface area contributed by atoms with E-state index in [1.165, 1.54) is 0 Å². The van der Waals surface area contributed by atoms with Gasteiger partial charge in [0.1, 0.15) is 5.75 Å². The summed E-state index contributed by atoms with van der Waals surface area (Å²) >= 11 is 0. The van der Waals surface area contributed by atoms with E-state index in [0.29, 0.717) is 29.2 Å². The minimum Gasteiger partial charge on any atom is -0.493 e. The van der Waals surface area contributed by atoms with E-state index >= 15 is 0 Å². The van der Waals surface area contributed by atoms with Gasteiger partial charge in [-0.25, -0.2) is 0 Å². The molecule has 1 amide bonds. The van der Waals surface area contributed by atoms with Crippen molar-refractivity contribution in [3.05, 3.63) is 59.2 Å². The third-order valence-electron chi connectivity index (χ3n) is 3.41. The Bertz CT molecular complexity index is 723. The van der Waals surface area contributed by atoms with E-state index in [2.05, 4.69) is 5.32 Å². The van der Waals surface area contributed by atoms with Gasteiger partial charge in [-0.1, -0.05) is 30.7 Å². The lowest BCUT2D eigenvalue weighted by Crippen LogP contribution is -2.14. The Hall–Kier alpha value is -2.82. The smallest absolute Gasteiger partial charge is 0.307 e. The maximum Gasteiger partial charge on any atom is 0.307 e. The zero-order chi connectivity index (χ0) is 17.5. The third-order valence-corrected chi connectivity index (χ3v) is 3.41. The highest BCUT2D eigenvalue weighted by Crippen LogP contribution is 2.22. The average Bonchev–Trinajstić information content (AvgIpc) is 2.55. The molecule has 0 aliphatic carbocycles. The predicted octanol–water partition coefficient (Wildman–Crippen LogP) is 3.66. The molecule has 0 bridgehead atoms. The number of carbonyl (C=O) groups excluding carboxylic acids is 1. The van der Waals surface area contributed by atoms with Crippen molar-refractivity contribution in [2.45, 2.75) is 26.7 Å². The molecule has 0 aromatic heterocycles. The van der Waals surface area contributed by atoms with Crippen LogP contribution >= 0.6 is 0 Å². The topological polar surface area (TPSA) is 75.6 Å². The molecular weight excluding hydrogens is 306 g/mol. The van der Waals surface area contributed by atoms with Crippen LogP contribution in [0, 0.1) is 6.92 Å². The van der Waals surface area contributed by atoms with Crippen molar-refractivity contribution in [2.24, 2.45) is 0 Å². The highest BCUT2D eigenvalue weighted by Gasteiger charge is 2.13. The normalized spacial score (nSPS) is 10.2. The van der Waals surface area contributed by atoms with Crippen LogP contribution < -0.4 is 10.1 Å². The average molecular weight is 327 g/mol. The fourth-order valence-electron chi connectivity index (χ4n) is 2.24. The molecule has 0 radical (unpaired) electrons. The number of carbonyl (C=O) groups is 2. The summed E-state index contributed by atoms with van der Waals surface area (Å²) in [4.78, 5) is 23.2. The molecule has 0 heterocycles. The lowest BCUT2D eigenvalue weighted by atomic mass is 10.1. The zero-order valence-corrected chi connectivity index (χ0v) is 13.8. The van der Waals surface area contributed by atoms with E-state index in [4.69, 9.17) is 9.84 Å². The molecule has 0 fully saturated rings. The van der Waals surface area contributed by atoms with Crippen LogP contribution in [-0.4, -0.2) is 23.6 Å². The van der Waals surface area contributed by atoms with Gasteiger partial charge < -0.3 is 15.2 Å². The first-order chi connectivity index (χ1) is 11.5.